The first-order valence-corrected chi connectivity index (χ1v) is 11.3. The molecule has 0 bridgehead atoms. The van der Waals surface area contributed by atoms with Gasteiger partial charge in [0.25, 0.3) is 5.91 Å². The normalized spacial score (nSPS) is 22.1. The van der Waals surface area contributed by atoms with Crippen LogP contribution in [0.4, 0.5) is 0 Å². The minimum Gasteiger partial charge on any atom is -0.352 e. The fraction of sp³-hybridized carbons (Fsp3) is 0.375. The SMILES string of the molecule is CC(C)NC(=O)[C@@H](NC(=O)[C@H]1N2C(=O)c3ccccc3C2SC1(C)C)c1ccccc1. The Kier molecular flexibility index (Phi) is 5.56. The van der Waals surface area contributed by atoms with Gasteiger partial charge in [0.15, 0.2) is 0 Å². The highest BCUT2D eigenvalue weighted by molar-refractivity contribution is 8.01. The molecule has 0 aliphatic carbocycles. The Balaban J connectivity index is 1.64. The van der Waals surface area contributed by atoms with Crippen molar-refractivity contribution < 1.29 is 14.4 Å². The second-order valence-electron chi connectivity index (χ2n) is 8.79. The Morgan fingerprint density at radius 2 is 1.65 bits per heavy atom. The van der Waals surface area contributed by atoms with Gasteiger partial charge in [-0.3, -0.25) is 14.4 Å². The summed E-state index contributed by atoms with van der Waals surface area (Å²) in [6, 6.07) is 15.1. The van der Waals surface area contributed by atoms with Gasteiger partial charge >= 0.3 is 0 Å². The molecule has 3 amide bonds. The molecule has 2 N–H and O–H groups in total. The Hall–Kier alpha value is -2.80. The van der Waals surface area contributed by atoms with Crippen molar-refractivity contribution in [3.05, 3.63) is 71.3 Å². The molecule has 6 nitrogen and oxygen atoms in total. The van der Waals surface area contributed by atoms with Crippen molar-refractivity contribution in [3.63, 3.8) is 0 Å². The Morgan fingerprint density at radius 1 is 1.00 bits per heavy atom. The van der Waals surface area contributed by atoms with E-state index in [1.54, 1.807) is 22.7 Å². The molecular weight excluding hydrogens is 410 g/mol. The average Bonchev–Trinajstić information content (AvgIpc) is 3.15. The van der Waals surface area contributed by atoms with Crippen molar-refractivity contribution in [2.75, 3.05) is 0 Å². The molecule has 1 fully saturated rings. The number of carbonyl (C=O) groups is 3. The van der Waals surface area contributed by atoms with E-state index >= 15 is 0 Å². The van der Waals surface area contributed by atoms with E-state index < -0.39 is 16.8 Å². The number of rotatable bonds is 5. The third-order valence-electron chi connectivity index (χ3n) is 5.66. The van der Waals surface area contributed by atoms with Crippen LogP contribution < -0.4 is 10.6 Å². The maximum atomic E-state index is 13.6. The lowest BCUT2D eigenvalue weighted by Gasteiger charge is -2.31. The third kappa shape index (κ3) is 3.83. The summed E-state index contributed by atoms with van der Waals surface area (Å²) in [7, 11) is 0. The van der Waals surface area contributed by atoms with Crippen LogP contribution >= 0.6 is 11.8 Å². The summed E-state index contributed by atoms with van der Waals surface area (Å²) in [6.07, 6.45) is 0. The molecule has 0 spiro atoms. The van der Waals surface area contributed by atoms with Crippen molar-refractivity contribution >= 4 is 29.5 Å². The average molecular weight is 438 g/mol. The number of thioether (sulfide) groups is 1. The van der Waals surface area contributed by atoms with Crippen LogP contribution in [0.5, 0.6) is 0 Å². The number of amides is 3. The van der Waals surface area contributed by atoms with Crippen molar-refractivity contribution in [1.82, 2.24) is 15.5 Å². The van der Waals surface area contributed by atoms with Gasteiger partial charge in [0, 0.05) is 16.4 Å². The van der Waals surface area contributed by atoms with Gasteiger partial charge < -0.3 is 15.5 Å². The van der Waals surface area contributed by atoms with E-state index in [1.807, 2.05) is 76.2 Å². The fourth-order valence-corrected chi connectivity index (χ4v) is 5.93. The molecule has 0 aromatic heterocycles. The van der Waals surface area contributed by atoms with Crippen LogP contribution in [-0.4, -0.2) is 39.5 Å². The van der Waals surface area contributed by atoms with Crippen molar-refractivity contribution in [2.24, 2.45) is 0 Å². The van der Waals surface area contributed by atoms with Crippen molar-refractivity contribution in [1.29, 1.82) is 0 Å². The van der Waals surface area contributed by atoms with Gasteiger partial charge in [0.2, 0.25) is 11.8 Å². The minimum atomic E-state index is -0.837. The van der Waals surface area contributed by atoms with Gasteiger partial charge in [-0.1, -0.05) is 48.5 Å². The first-order chi connectivity index (χ1) is 14.7. The summed E-state index contributed by atoms with van der Waals surface area (Å²) >= 11 is 1.61. The highest BCUT2D eigenvalue weighted by atomic mass is 32.2. The van der Waals surface area contributed by atoms with Crippen LogP contribution in [0.1, 0.15) is 60.6 Å². The molecule has 162 valence electrons. The highest BCUT2D eigenvalue weighted by Crippen LogP contribution is 2.56. The maximum Gasteiger partial charge on any atom is 0.256 e. The highest BCUT2D eigenvalue weighted by Gasteiger charge is 2.57. The van der Waals surface area contributed by atoms with E-state index in [-0.39, 0.29) is 29.1 Å². The molecule has 7 heteroatoms. The number of benzene rings is 2. The fourth-order valence-electron chi connectivity index (χ4n) is 4.34. The van der Waals surface area contributed by atoms with Crippen LogP contribution in [0.15, 0.2) is 54.6 Å². The van der Waals surface area contributed by atoms with Gasteiger partial charge in [-0.15, -0.1) is 11.8 Å². The standard InChI is InChI=1S/C24H27N3O3S/c1-14(2)25-20(28)18(15-10-6-5-7-11-15)26-21(29)19-24(3,4)31-23-17-13-9-8-12-16(17)22(30)27(19)23/h5-14,18-19,23H,1-4H3,(H,25,28)(H,26,29)/t18-,19+,23?/m0/s1. The lowest BCUT2D eigenvalue weighted by molar-refractivity contribution is -0.132. The largest absolute Gasteiger partial charge is 0.352 e. The lowest BCUT2D eigenvalue weighted by Crippen LogP contribution is -2.54. The molecule has 0 saturated carbocycles. The van der Waals surface area contributed by atoms with Gasteiger partial charge in [-0.2, -0.15) is 0 Å². The molecule has 2 heterocycles. The summed E-state index contributed by atoms with van der Waals surface area (Å²) in [4.78, 5) is 41.3. The lowest BCUT2D eigenvalue weighted by atomic mass is 9.99. The Morgan fingerprint density at radius 3 is 2.32 bits per heavy atom. The van der Waals surface area contributed by atoms with E-state index in [9.17, 15) is 14.4 Å². The molecule has 1 unspecified atom stereocenters. The Labute approximate surface area is 186 Å². The summed E-state index contributed by atoms with van der Waals surface area (Å²) in [6.45, 7) is 7.70. The molecule has 31 heavy (non-hydrogen) atoms. The molecule has 1 saturated heterocycles. The van der Waals surface area contributed by atoms with Crippen LogP contribution in [0.3, 0.4) is 0 Å². The zero-order valence-corrected chi connectivity index (χ0v) is 18.9. The van der Waals surface area contributed by atoms with Crippen LogP contribution in [0, 0.1) is 0 Å². The first-order valence-electron chi connectivity index (χ1n) is 10.5. The summed E-state index contributed by atoms with van der Waals surface area (Å²) in [5, 5.41) is 5.63. The second kappa shape index (κ2) is 8.04. The number of nitrogens with one attached hydrogen (secondary N) is 2. The number of nitrogens with zero attached hydrogens (tertiary/aromatic N) is 1. The van der Waals surface area contributed by atoms with Crippen LogP contribution in [0.2, 0.25) is 0 Å². The molecule has 3 atom stereocenters. The second-order valence-corrected chi connectivity index (χ2v) is 10.5. The zero-order valence-electron chi connectivity index (χ0n) is 18.1. The van der Waals surface area contributed by atoms with Crippen LogP contribution in [-0.2, 0) is 9.59 Å². The molecule has 0 radical (unpaired) electrons. The molecule has 4 rings (SSSR count). The van der Waals surface area contributed by atoms with Gasteiger partial charge in [0.1, 0.15) is 17.5 Å². The third-order valence-corrected chi connectivity index (χ3v) is 7.19. The van der Waals surface area contributed by atoms with Gasteiger partial charge in [-0.05, 0) is 44.9 Å². The van der Waals surface area contributed by atoms with E-state index in [0.717, 1.165) is 5.56 Å². The van der Waals surface area contributed by atoms with E-state index in [1.165, 1.54) is 0 Å². The summed E-state index contributed by atoms with van der Waals surface area (Å²) in [5.41, 5.74) is 2.29. The minimum absolute atomic E-state index is 0.0619. The van der Waals surface area contributed by atoms with Crippen molar-refractivity contribution in [3.8, 4) is 0 Å². The Bertz CT molecular complexity index is 1020. The van der Waals surface area contributed by atoms with E-state index in [2.05, 4.69) is 10.6 Å². The number of carbonyl (C=O) groups excluding carboxylic acids is 3. The van der Waals surface area contributed by atoms with Gasteiger partial charge in [0.05, 0.1) is 0 Å². The molecule has 2 aromatic carbocycles. The van der Waals surface area contributed by atoms with Gasteiger partial charge in [-0.25, -0.2) is 0 Å². The molecule has 2 aliphatic heterocycles. The maximum absolute atomic E-state index is 13.6. The van der Waals surface area contributed by atoms with Crippen molar-refractivity contribution in [2.45, 2.75) is 55.9 Å². The first kappa shape index (κ1) is 21.4. The number of hydrogen-bond acceptors (Lipinski definition) is 4. The van der Waals surface area contributed by atoms with Crippen LogP contribution in [0.25, 0.3) is 0 Å². The zero-order chi connectivity index (χ0) is 22.3. The van der Waals surface area contributed by atoms with E-state index in [0.29, 0.717) is 11.1 Å². The number of fused-ring (bicyclic) bond motifs is 3. The molecule has 2 aliphatic rings. The quantitative estimate of drug-likeness (QED) is 0.751. The monoisotopic (exact) mass is 437 g/mol. The predicted octanol–water partition coefficient (Wildman–Crippen LogP) is 3.42. The summed E-state index contributed by atoms with van der Waals surface area (Å²) in [5.74, 6) is -0.735. The van der Waals surface area contributed by atoms with E-state index in [4.69, 9.17) is 0 Å². The summed E-state index contributed by atoms with van der Waals surface area (Å²) < 4.78 is -0.506. The smallest absolute Gasteiger partial charge is 0.256 e. The predicted molar refractivity (Wildman–Crippen MR) is 121 cm³/mol. The number of hydrogen-bond donors (Lipinski definition) is 2. The molecular formula is C24H27N3O3S. The topological polar surface area (TPSA) is 78.5 Å². The molecule has 2 aromatic rings.